The molecule has 0 atom stereocenters. The first-order chi connectivity index (χ1) is 14.6. The van der Waals surface area contributed by atoms with Crippen molar-refractivity contribution in [1.82, 2.24) is 4.98 Å². The van der Waals surface area contributed by atoms with Crippen LogP contribution in [0.2, 0.25) is 0 Å². The molecule has 0 radical (unpaired) electrons. The molecule has 1 saturated heterocycles. The Kier molecular flexibility index (Phi) is 5.60. The van der Waals surface area contributed by atoms with Crippen LogP contribution in [-0.2, 0) is 14.6 Å². The predicted octanol–water partition coefficient (Wildman–Crippen LogP) is 4.30. The number of rotatable bonds is 6. The van der Waals surface area contributed by atoms with E-state index >= 15 is 0 Å². The fourth-order valence-corrected chi connectivity index (χ4v) is 6.52. The maximum Gasteiger partial charge on any atom is 0.181 e. The van der Waals surface area contributed by atoms with Gasteiger partial charge in [-0.2, -0.15) is 0 Å². The highest BCUT2D eigenvalue weighted by Gasteiger charge is 2.36. The molecule has 2 aromatic rings. The average Bonchev–Trinajstić information content (AvgIpc) is 3.29. The minimum atomic E-state index is -3.17. The van der Waals surface area contributed by atoms with Crippen molar-refractivity contribution in [3.8, 4) is 0 Å². The largest absolute Gasteiger partial charge is 0.381 e. The Morgan fingerprint density at radius 1 is 1.07 bits per heavy atom. The van der Waals surface area contributed by atoms with Crippen molar-refractivity contribution in [2.45, 2.75) is 35.8 Å². The Bertz CT molecular complexity index is 1070. The third-order valence-corrected chi connectivity index (χ3v) is 9.20. The lowest BCUT2D eigenvalue weighted by molar-refractivity contribution is 0.0786. The first kappa shape index (κ1) is 20.1. The first-order valence-corrected chi connectivity index (χ1v) is 13.2. The van der Waals surface area contributed by atoms with Gasteiger partial charge in [0.2, 0.25) is 0 Å². The number of sulfone groups is 1. The normalized spacial score (nSPS) is 21.1. The van der Waals surface area contributed by atoms with Crippen molar-refractivity contribution in [2.24, 2.45) is 10.9 Å². The molecular weight excluding hydrogens is 416 g/mol. The summed E-state index contributed by atoms with van der Waals surface area (Å²) in [5.41, 5.74) is 4.25. The lowest BCUT2D eigenvalue weighted by Gasteiger charge is -2.20. The minimum absolute atomic E-state index is 0.184. The van der Waals surface area contributed by atoms with Gasteiger partial charge in [0.05, 0.1) is 15.8 Å². The van der Waals surface area contributed by atoms with Gasteiger partial charge in [0, 0.05) is 36.8 Å². The SMILES string of the molecule is O=S(=O)(c1ccc(/C(=C\C2CCOCC2)c2ccc(C3=NCCS3)[nH]2)cc1)C1CC1. The number of nitrogens with zero attached hydrogens (tertiary/aromatic N) is 1. The number of thioether (sulfide) groups is 1. The van der Waals surface area contributed by atoms with Gasteiger partial charge < -0.3 is 9.72 Å². The molecular formula is C23H26N2O3S2. The molecule has 1 N–H and O–H groups in total. The summed E-state index contributed by atoms with van der Waals surface area (Å²) in [6.07, 6.45) is 5.91. The number of aliphatic imine (C=N–C) groups is 1. The third kappa shape index (κ3) is 4.15. The van der Waals surface area contributed by atoms with Crippen LogP contribution >= 0.6 is 11.8 Å². The molecule has 1 aliphatic carbocycles. The monoisotopic (exact) mass is 442 g/mol. The number of allylic oxidation sites excluding steroid dienone is 1. The molecule has 3 heterocycles. The van der Waals surface area contributed by atoms with E-state index in [1.165, 1.54) is 0 Å². The summed E-state index contributed by atoms with van der Waals surface area (Å²) < 4.78 is 30.6. The standard InChI is InChI=1S/C23H26N2O3S2/c26-30(27,19-5-6-19)18-3-1-17(2-4-18)20(15-16-9-12-28-13-10-16)21-7-8-22(25-21)23-24-11-14-29-23/h1-4,7-8,15-16,19,25H,5-6,9-14H2/b20-15+. The maximum absolute atomic E-state index is 12.6. The number of aromatic amines is 1. The molecule has 0 bridgehead atoms. The van der Waals surface area contributed by atoms with Crippen LogP contribution in [0, 0.1) is 5.92 Å². The Balaban J connectivity index is 1.49. The van der Waals surface area contributed by atoms with E-state index in [1.807, 2.05) is 12.1 Å². The van der Waals surface area contributed by atoms with Gasteiger partial charge >= 0.3 is 0 Å². The van der Waals surface area contributed by atoms with Crippen LogP contribution < -0.4 is 0 Å². The van der Waals surface area contributed by atoms with Gasteiger partial charge in [0.15, 0.2) is 9.84 Å². The average molecular weight is 443 g/mol. The van der Waals surface area contributed by atoms with E-state index in [1.54, 1.807) is 23.9 Å². The van der Waals surface area contributed by atoms with Crippen LogP contribution in [-0.4, -0.2) is 49.2 Å². The van der Waals surface area contributed by atoms with Gasteiger partial charge in [0.25, 0.3) is 0 Å². The summed E-state index contributed by atoms with van der Waals surface area (Å²) in [4.78, 5) is 8.55. The maximum atomic E-state index is 12.6. The topological polar surface area (TPSA) is 71.5 Å². The zero-order chi connectivity index (χ0) is 20.6. The molecule has 2 fully saturated rings. The third-order valence-electron chi connectivity index (χ3n) is 5.92. The number of nitrogens with one attached hydrogen (secondary N) is 1. The van der Waals surface area contributed by atoms with Crippen LogP contribution in [0.4, 0.5) is 0 Å². The van der Waals surface area contributed by atoms with Gasteiger partial charge in [0.1, 0.15) is 5.04 Å². The van der Waals surface area contributed by atoms with Gasteiger partial charge in [-0.3, -0.25) is 4.99 Å². The van der Waals surface area contributed by atoms with Gasteiger partial charge in [-0.25, -0.2) is 8.42 Å². The molecule has 5 nitrogen and oxygen atoms in total. The Hall–Kier alpha value is -1.83. The number of hydrogen-bond acceptors (Lipinski definition) is 5. The number of H-pyrrole nitrogens is 1. The van der Waals surface area contributed by atoms with Crippen LogP contribution in [0.3, 0.4) is 0 Å². The van der Waals surface area contributed by atoms with Crippen molar-refractivity contribution < 1.29 is 13.2 Å². The number of benzene rings is 1. The van der Waals surface area contributed by atoms with Crippen molar-refractivity contribution in [3.63, 3.8) is 0 Å². The molecule has 158 valence electrons. The molecule has 5 rings (SSSR count). The van der Waals surface area contributed by atoms with Gasteiger partial charge in [-0.05, 0) is 61.4 Å². The smallest absolute Gasteiger partial charge is 0.181 e. The Morgan fingerprint density at radius 2 is 1.83 bits per heavy atom. The van der Waals surface area contributed by atoms with Gasteiger partial charge in [-0.15, -0.1) is 11.8 Å². The number of ether oxygens (including phenoxy) is 1. The highest BCUT2D eigenvalue weighted by molar-refractivity contribution is 8.14. The van der Waals surface area contributed by atoms with Crippen LogP contribution in [0.1, 0.15) is 42.6 Å². The highest BCUT2D eigenvalue weighted by Crippen LogP contribution is 2.35. The van der Waals surface area contributed by atoms with E-state index < -0.39 is 9.84 Å². The zero-order valence-corrected chi connectivity index (χ0v) is 18.5. The fraction of sp³-hybridized carbons (Fsp3) is 0.435. The second kappa shape index (κ2) is 8.36. The minimum Gasteiger partial charge on any atom is -0.381 e. The van der Waals surface area contributed by atoms with E-state index in [0.717, 1.165) is 78.8 Å². The summed E-state index contributed by atoms with van der Waals surface area (Å²) in [6.45, 7) is 2.45. The van der Waals surface area contributed by atoms with Crippen molar-refractivity contribution in [3.05, 3.63) is 59.4 Å². The molecule has 0 spiro atoms. The van der Waals surface area contributed by atoms with E-state index in [-0.39, 0.29) is 5.25 Å². The Morgan fingerprint density at radius 3 is 2.50 bits per heavy atom. The van der Waals surface area contributed by atoms with Gasteiger partial charge in [-0.1, -0.05) is 18.2 Å². The molecule has 1 aromatic carbocycles. The molecule has 30 heavy (non-hydrogen) atoms. The number of aromatic nitrogens is 1. The summed E-state index contributed by atoms with van der Waals surface area (Å²) in [5, 5.41) is 0.883. The summed E-state index contributed by atoms with van der Waals surface area (Å²) >= 11 is 1.78. The Labute approximate surface area is 181 Å². The number of hydrogen-bond donors (Lipinski definition) is 1. The fourth-order valence-electron chi connectivity index (χ4n) is 4.03. The molecule has 7 heteroatoms. The molecule has 1 aromatic heterocycles. The van der Waals surface area contributed by atoms with Crippen molar-refractivity contribution in [2.75, 3.05) is 25.5 Å². The predicted molar refractivity (Wildman–Crippen MR) is 122 cm³/mol. The molecule has 0 unspecified atom stereocenters. The van der Waals surface area contributed by atoms with E-state index in [0.29, 0.717) is 10.8 Å². The lowest BCUT2D eigenvalue weighted by atomic mass is 9.93. The molecule has 2 aliphatic heterocycles. The van der Waals surface area contributed by atoms with Crippen LogP contribution in [0.15, 0.2) is 52.4 Å². The molecule has 1 saturated carbocycles. The van der Waals surface area contributed by atoms with Crippen molar-refractivity contribution >= 4 is 32.2 Å². The quantitative estimate of drug-likeness (QED) is 0.724. The lowest BCUT2D eigenvalue weighted by Crippen LogP contribution is -2.14. The molecule has 3 aliphatic rings. The second-order valence-corrected chi connectivity index (χ2v) is 11.4. The van der Waals surface area contributed by atoms with E-state index in [4.69, 9.17) is 4.74 Å². The van der Waals surface area contributed by atoms with E-state index in [2.05, 4.69) is 28.2 Å². The highest BCUT2D eigenvalue weighted by atomic mass is 32.2. The summed E-state index contributed by atoms with van der Waals surface area (Å²) in [7, 11) is -3.17. The van der Waals surface area contributed by atoms with Crippen molar-refractivity contribution in [1.29, 1.82) is 0 Å². The van der Waals surface area contributed by atoms with Crippen LogP contribution in [0.5, 0.6) is 0 Å². The second-order valence-electron chi connectivity index (χ2n) is 8.12. The first-order valence-electron chi connectivity index (χ1n) is 10.6. The molecule has 0 amide bonds. The van der Waals surface area contributed by atoms with Crippen LogP contribution in [0.25, 0.3) is 5.57 Å². The summed E-state index contributed by atoms with van der Waals surface area (Å²) in [5.74, 6) is 1.49. The van der Waals surface area contributed by atoms with E-state index in [9.17, 15) is 8.42 Å². The summed E-state index contributed by atoms with van der Waals surface area (Å²) in [6, 6.07) is 11.6. The zero-order valence-electron chi connectivity index (χ0n) is 16.8.